The van der Waals surface area contributed by atoms with Crippen molar-refractivity contribution < 1.29 is 14.3 Å². The van der Waals surface area contributed by atoms with Crippen molar-refractivity contribution in [3.8, 4) is 0 Å². The van der Waals surface area contributed by atoms with Crippen LogP contribution in [0.1, 0.15) is 36.2 Å². The third-order valence-corrected chi connectivity index (χ3v) is 3.10. The van der Waals surface area contributed by atoms with Crippen molar-refractivity contribution in [3.63, 3.8) is 0 Å². The van der Waals surface area contributed by atoms with Crippen LogP contribution in [0.15, 0.2) is 24.3 Å². The van der Waals surface area contributed by atoms with Crippen LogP contribution in [0.2, 0.25) is 0 Å². The first-order chi connectivity index (χ1) is 8.57. The zero-order valence-corrected chi connectivity index (χ0v) is 10.7. The van der Waals surface area contributed by atoms with Crippen molar-refractivity contribution in [2.24, 2.45) is 0 Å². The van der Waals surface area contributed by atoms with Crippen LogP contribution >= 0.6 is 0 Å². The quantitative estimate of drug-likeness (QED) is 0.827. The number of esters is 1. The SMILES string of the molecule is CCCNC(=O)C1(C)Cc2ccccc2C(=O)O1. The monoisotopic (exact) mass is 247 g/mol. The summed E-state index contributed by atoms with van der Waals surface area (Å²) < 4.78 is 5.31. The number of rotatable bonds is 3. The molecule has 1 unspecified atom stereocenters. The Morgan fingerprint density at radius 2 is 2.17 bits per heavy atom. The molecule has 0 bridgehead atoms. The van der Waals surface area contributed by atoms with Crippen LogP contribution in [-0.2, 0) is 16.0 Å². The maximum Gasteiger partial charge on any atom is 0.339 e. The van der Waals surface area contributed by atoms with E-state index in [0.29, 0.717) is 18.5 Å². The summed E-state index contributed by atoms with van der Waals surface area (Å²) in [5.41, 5.74) is 0.321. The zero-order valence-electron chi connectivity index (χ0n) is 10.7. The highest BCUT2D eigenvalue weighted by molar-refractivity contribution is 5.97. The van der Waals surface area contributed by atoms with Gasteiger partial charge in [-0.05, 0) is 25.0 Å². The molecule has 4 nitrogen and oxygen atoms in total. The highest BCUT2D eigenvalue weighted by Gasteiger charge is 2.42. The molecular weight excluding hydrogens is 230 g/mol. The molecule has 18 heavy (non-hydrogen) atoms. The van der Waals surface area contributed by atoms with Crippen molar-refractivity contribution in [2.45, 2.75) is 32.3 Å². The van der Waals surface area contributed by atoms with E-state index in [0.717, 1.165) is 12.0 Å². The number of cyclic esters (lactones) is 1. The Kier molecular flexibility index (Phi) is 3.36. The summed E-state index contributed by atoms with van der Waals surface area (Å²) in [5, 5.41) is 2.78. The highest BCUT2D eigenvalue weighted by atomic mass is 16.6. The number of carbonyl (C=O) groups is 2. The molecular formula is C14H17NO3. The lowest BCUT2D eigenvalue weighted by molar-refractivity contribution is -0.139. The van der Waals surface area contributed by atoms with E-state index in [9.17, 15) is 9.59 Å². The van der Waals surface area contributed by atoms with Crippen LogP contribution in [0.4, 0.5) is 0 Å². The number of nitrogens with one attached hydrogen (secondary N) is 1. The Balaban J connectivity index is 2.24. The van der Waals surface area contributed by atoms with Gasteiger partial charge < -0.3 is 10.1 Å². The van der Waals surface area contributed by atoms with Gasteiger partial charge in [0.25, 0.3) is 5.91 Å². The molecule has 1 heterocycles. The fraction of sp³-hybridized carbons (Fsp3) is 0.429. The second-order valence-electron chi connectivity index (χ2n) is 4.71. The highest BCUT2D eigenvalue weighted by Crippen LogP contribution is 2.28. The van der Waals surface area contributed by atoms with Gasteiger partial charge in [-0.3, -0.25) is 4.79 Å². The Bertz CT molecular complexity index is 484. The molecule has 1 atom stereocenters. The van der Waals surface area contributed by atoms with Crippen molar-refractivity contribution in [3.05, 3.63) is 35.4 Å². The molecule has 1 aromatic rings. The maximum absolute atomic E-state index is 12.0. The summed E-state index contributed by atoms with van der Waals surface area (Å²) in [6.07, 6.45) is 1.27. The molecule has 0 fully saturated rings. The normalized spacial score (nSPS) is 22.0. The smallest absolute Gasteiger partial charge is 0.339 e. The van der Waals surface area contributed by atoms with Crippen molar-refractivity contribution in [1.82, 2.24) is 5.32 Å². The minimum absolute atomic E-state index is 0.229. The molecule has 0 aromatic heterocycles. The van der Waals surface area contributed by atoms with Crippen LogP contribution in [0.25, 0.3) is 0 Å². The largest absolute Gasteiger partial charge is 0.445 e. The summed E-state index contributed by atoms with van der Waals surface area (Å²) in [6, 6.07) is 7.24. The fourth-order valence-electron chi connectivity index (χ4n) is 2.08. The van der Waals surface area contributed by atoms with Gasteiger partial charge in [-0.1, -0.05) is 25.1 Å². The Morgan fingerprint density at radius 3 is 2.89 bits per heavy atom. The van der Waals surface area contributed by atoms with Gasteiger partial charge in [0, 0.05) is 13.0 Å². The summed E-state index contributed by atoms with van der Waals surface area (Å²) in [7, 11) is 0. The van der Waals surface area contributed by atoms with Crippen LogP contribution in [0, 0.1) is 0 Å². The van der Waals surface area contributed by atoms with Gasteiger partial charge in [0.15, 0.2) is 5.60 Å². The Hall–Kier alpha value is -1.84. The predicted molar refractivity (Wildman–Crippen MR) is 67.3 cm³/mol. The zero-order chi connectivity index (χ0) is 13.2. The topological polar surface area (TPSA) is 55.4 Å². The lowest BCUT2D eigenvalue weighted by Crippen LogP contribution is -2.51. The standard InChI is InChI=1S/C14H17NO3/c1-3-8-15-13(17)14(2)9-10-6-4-5-7-11(10)12(16)18-14/h4-7H,3,8-9H2,1-2H3,(H,15,17). The van der Waals surface area contributed by atoms with Gasteiger partial charge in [0.1, 0.15) is 0 Å². The van der Waals surface area contributed by atoms with E-state index >= 15 is 0 Å². The van der Waals surface area contributed by atoms with Gasteiger partial charge in [-0.25, -0.2) is 4.79 Å². The molecule has 0 aliphatic carbocycles. The molecule has 1 aromatic carbocycles. The van der Waals surface area contributed by atoms with Crippen molar-refractivity contribution in [2.75, 3.05) is 6.54 Å². The van der Waals surface area contributed by atoms with E-state index in [4.69, 9.17) is 4.74 Å². The summed E-state index contributed by atoms with van der Waals surface area (Å²) >= 11 is 0. The maximum atomic E-state index is 12.0. The van der Waals surface area contributed by atoms with Crippen LogP contribution in [-0.4, -0.2) is 24.0 Å². The Labute approximate surface area is 106 Å². The van der Waals surface area contributed by atoms with Gasteiger partial charge in [-0.2, -0.15) is 0 Å². The first-order valence-corrected chi connectivity index (χ1v) is 6.16. The lowest BCUT2D eigenvalue weighted by atomic mass is 9.89. The van der Waals surface area contributed by atoms with Gasteiger partial charge in [0.2, 0.25) is 0 Å². The van der Waals surface area contributed by atoms with Crippen LogP contribution in [0.3, 0.4) is 0 Å². The second kappa shape index (κ2) is 4.80. The minimum atomic E-state index is -1.10. The van der Waals surface area contributed by atoms with E-state index in [-0.39, 0.29) is 5.91 Å². The average Bonchev–Trinajstić information content (AvgIpc) is 2.35. The number of ether oxygens (including phenoxy) is 1. The molecule has 0 spiro atoms. The molecule has 1 N–H and O–H groups in total. The fourth-order valence-corrected chi connectivity index (χ4v) is 2.08. The van der Waals surface area contributed by atoms with E-state index in [1.165, 1.54) is 0 Å². The van der Waals surface area contributed by atoms with Crippen molar-refractivity contribution in [1.29, 1.82) is 0 Å². The number of benzene rings is 1. The number of hydrogen-bond acceptors (Lipinski definition) is 3. The molecule has 1 amide bonds. The summed E-state index contributed by atoms with van der Waals surface area (Å²) in [5.74, 6) is -0.654. The number of carbonyl (C=O) groups excluding carboxylic acids is 2. The molecule has 0 saturated carbocycles. The lowest BCUT2D eigenvalue weighted by Gasteiger charge is -2.33. The first-order valence-electron chi connectivity index (χ1n) is 6.16. The van der Waals surface area contributed by atoms with E-state index in [1.54, 1.807) is 19.1 Å². The van der Waals surface area contributed by atoms with E-state index in [2.05, 4.69) is 5.32 Å². The molecule has 2 rings (SSSR count). The van der Waals surface area contributed by atoms with Gasteiger partial charge in [0.05, 0.1) is 5.56 Å². The van der Waals surface area contributed by atoms with Gasteiger partial charge in [-0.15, -0.1) is 0 Å². The molecule has 1 aliphatic rings. The molecule has 96 valence electrons. The number of hydrogen-bond donors (Lipinski definition) is 1. The average molecular weight is 247 g/mol. The van der Waals surface area contributed by atoms with Crippen LogP contribution < -0.4 is 5.32 Å². The molecule has 0 saturated heterocycles. The number of amides is 1. The third-order valence-electron chi connectivity index (χ3n) is 3.10. The second-order valence-corrected chi connectivity index (χ2v) is 4.71. The van der Waals surface area contributed by atoms with E-state index < -0.39 is 11.6 Å². The number of fused-ring (bicyclic) bond motifs is 1. The Morgan fingerprint density at radius 1 is 1.44 bits per heavy atom. The van der Waals surface area contributed by atoms with Gasteiger partial charge >= 0.3 is 5.97 Å². The molecule has 4 heteroatoms. The summed E-state index contributed by atoms with van der Waals surface area (Å²) in [6.45, 7) is 4.23. The molecule has 0 radical (unpaired) electrons. The third kappa shape index (κ3) is 2.23. The van der Waals surface area contributed by atoms with Crippen molar-refractivity contribution >= 4 is 11.9 Å². The minimum Gasteiger partial charge on any atom is -0.445 e. The predicted octanol–water partition coefficient (Wildman–Crippen LogP) is 1.68. The molecule has 1 aliphatic heterocycles. The summed E-state index contributed by atoms with van der Waals surface area (Å²) in [4.78, 5) is 23.9. The van der Waals surface area contributed by atoms with E-state index in [1.807, 2.05) is 19.1 Å². The van der Waals surface area contributed by atoms with Crippen LogP contribution in [0.5, 0.6) is 0 Å². The first kappa shape index (κ1) is 12.6.